The summed E-state index contributed by atoms with van der Waals surface area (Å²) in [4.78, 5) is 0. The van der Waals surface area contributed by atoms with Crippen LogP contribution in [-0.4, -0.2) is 0 Å². The molecule has 2 heteroatoms. The van der Waals surface area contributed by atoms with E-state index in [1.807, 2.05) is 6.07 Å². The zero-order chi connectivity index (χ0) is 10.7. The van der Waals surface area contributed by atoms with Crippen LogP contribution in [0, 0.1) is 18.7 Å². The maximum Gasteiger partial charge on any atom is 0.126 e. The number of halogens is 1. The van der Waals surface area contributed by atoms with E-state index < -0.39 is 0 Å². The van der Waals surface area contributed by atoms with Gasteiger partial charge < -0.3 is 5.73 Å². The van der Waals surface area contributed by atoms with Crippen molar-refractivity contribution >= 4 is 0 Å². The third-order valence-electron chi connectivity index (χ3n) is 2.84. The van der Waals surface area contributed by atoms with E-state index >= 15 is 0 Å². The molecular formula is C12H18FN. The standard InChI is InChI=1S/C12H18FN/c1-4-8(2)12(14)10-6-5-9(3)11(13)7-10/h5-8,12H,4,14H2,1-3H3. The van der Waals surface area contributed by atoms with Crippen LogP contribution < -0.4 is 5.73 Å². The first-order valence-electron chi connectivity index (χ1n) is 5.08. The molecule has 1 rings (SSSR count). The monoisotopic (exact) mass is 195 g/mol. The SMILES string of the molecule is CCC(C)C(N)c1ccc(C)c(F)c1. The van der Waals surface area contributed by atoms with E-state index in [0.29, 0.717) is 11.5 Å². The van der Waals surface area contributed by atoms with Gasteiger partial charge in [-0.2, -0.15) is 0 Å². The Labute approximate surface area is 85.1 Å². The molecule has 0 aliphatic rings. The lowest BCUT2D eigenvalue weighted by molar-refractivity contribution is 0.454. The fraction of sp³-hybridized carbons (Fsp3) is 0.500. The number of hydrogen-bond donors (Lipinski definition) is 1. The molecule has 0 bridgehead atoms. The lowest BCUT2D eigenvalue weighted by Gasteiger charge is -2.18. The van der Waals surface area contributed by atoms with Gasteiger partial charge in [0.05, 0.1) is 0 Å². The molecule has 0 fully saturated rings. The third kappa shape index (κ3) is 2.32. The summed E-state index contributed by atoms with van der Waals surface area (Å²) in [5.74, 6) is 0.221. The second-order valence-corrected chi connectivity index (χ2v) is 3.92. The van der Waals surface area contributed by atoms with Crippen LogP contribution in [0.25, 0.3) is 0 Å². The molecule has 0 radical (unpaired) electrons. The highest BCUT2D eigenvalue weighted by Crippen LogP contribution is 2.23. The Kier molecular flexibility index (Phi) is 3.64. The molecule has 0 saturated heterocycles. The smallest absolute Gasteiger partial charge is 0.126 e. The quantitative estimate of drug-likeness (QED) is 0.787. The zero-order valence-corrected chi connectivity index (χ0v) is 9.05. The number of hydrogen-bond acceptors (Lipinski definition) is 1. The van der Waals surface area contributed by atoms with E-state index in [2.05, 4.69) is 13.8 Å². The topological polar surface area (TPSA) is 26.0 Å². The summed E-state index contributed by atoms with van der Waals surface area (Å²) in [5, 5.41) is 0. The summed E-state index contributed by atoms with van der Waals surface area (Å²) in [7, 11) is 0. The predicted octanol–water partition coefficient (Wildman–Crippen LogP) is 3.18. The number of nitrogens with two attached hydrogens (primary N) is 1. The maximum absolute atomic E-state index is 13.3. The molecule has 0 aliphatic carbocycles. The molecule has 1 aromatic carbocycles. The van der Waals surface area contributed by atoms with Gasteiger partial charge in [-0.1, -0.05) is 32.4 Å². The molecule has 0 heterocycles. The van der Waals surface area contributed by atoms with Gasteiger partial charge in [0.2, 0.25) is 0 Å². The minimum absolute atomic E-state index is 0.0601. The van der Waals surface area contributed by atoms with Crippen LogP contribution in [0.3, 0.4) is 0 Å². The summed E-state index contributed by atoms with van der Waals surface area (Å²) in [5.41, 5.74) is 7.56. The Hall–Kier alpha value is -0.890. The number of benzene rings is 1. The number of rotatable bonds is 3. The molecule has 2 atom stereocenters. The van der Waals surface area contributed by atoms with Crippen molar-refractivity contribution in [3.8, 4) is 0 Å². The van der Waals surface area contributed by atoms with Gasteiger partial charge in [0.25, 0.3) is 0 Å². The minimum Gasteiger partial charge on any atom is -0.324 e. The van der Waals surface area contributed by atoms with Crippen molar-refractivity contribution in [2.45, 2.75) is 33.2 Å². The highest BCUT2D eigenvalue weighted by Gasteiger charge is 2.13. The van der Waals surface area contributed by atoms with Gasteiger partial charge in [-0.15, -0.1) is 0 Å². The molecule has 1 nitrogen and oxygen atoms in total. The van der Waals surface area contributed by atoms with Crippen LogP contribution in [0.5, 0.6) is 0 Å². The highest BCUT2D eigenvalue weighted by atomic mass is 19.1. The summed E-state index contributed by atoms with van der Waals surface area (Å²) in [6.07, 6.45) is 1.01. The second kappa shape index (κ2) is 4.56. The van der Waals surface area contributed by atoms with E-state index in [9.17, 15) is 4.39 Å². The van der Waals surface area contributed by atoms with Gasteiger partial charge in [-0.3, -0.25) is 0 Å². The van der Waals surface area contributed by atoms with E-state index in [0.717, 1.165) is 12.0 Å². The Morgan fingerprint density at radius 1 is 1.43 bits per heavy atom. The lowest BCUT2D eigenvalue weighted by atomic mass is 9.93. The van der Waals surface area contributed by atoms with E-state index in [1.165, 1.54) is 0 Å². The summed E-state index contributed by atoms with van der Waals surface area (Å²) in [6.45, 7) is 5.94. The molecule has 0 saturated carbocycles. The molecule has 0 amide bonds. The van der Waals surface area contributed by atoms with E-state index in [4.69, 9.17) is 5.73 Å². The number of aryl methyl sites for hydroxylation is 1. The summed E-state index contributed by atoms with van der Waals surface area (Å²) < 4.78 is 13.3. The van der Waals surface area contributed by atoms with Crippen LogP contribution >= 0.6 is 0 Å². The van der Waals surface area contributed by atoms with Crippen LogP contribution in [0.4, 0.5) is 4.39 Å². The Bertz CT molecular complexity index is 309. The Balaban J connectivity index is 2.91. The molecule has 2 unspecified atom stereocenters. The van der Waals surface area contributed by atoms with Gasteiger partial charge in [0.15, 0.2) is 0 Å². The first kappa shape index (κ1) is 11.2. The van der Waals surface area contributed by atoms with Gasteiger partial charge in [0, 0.05) is 6.04 Å². The van der Waals surface area contributed by atoms with Crippen molar-refractivity contribution < 1.29 is 4.39 Å². The molecular weight excluding hydrogens is 177 g/mol. The van der Waals surface area contributed by atoms with E-state index in [-0.39, 0.29) is 11.9 Å². The van der Waals surface area contributed by atoms with Gasteiger partial charge in [-0.05, 0) is 30.0 Å². The first-order chi connectivity index (χ1) is 6.56. The van der Waals surface area contributed by atoms with Crippen molar-refractivity contribution in [3.63, 3.8) is 0 Å². The summed E-state index contributed by atoms with van der Waals surface area (Å²) >= 11 is 0. The fourth-order valence-electron chi connectivity index (χ4n) is 1.40. The van der Waals surface area contributed by atoms with E-state index in [1.54, 1.807) is 19.1 Å². The lowest BCUT2D eigenvalue weighted by Crippen LogP contribution is -2.18. The Morgan fingerprint density at radius 3 is 2.57 bits per heavy atom. The van der Waals surface area contributed by atoms with Crippen molar-refractivity contribution in [1.29, 1.82) is 0 Å². The van der Waals surface area contributed by atoms with Crippen molar-refractivity contribution in [2.75, 3.05) is 0 Å². The fourth-order valence-corrected chi connectivity index (χ4v) is 1.40. The second-order valence-electron chi connectivity index (χ2n) is 3.92. The molecule has 0 aliphatic heterocycles. The third-order valence-corrected chi connectivity index (χ3v) is 2.84. The van der Waals surface area contributed by atoms with Gasteiger partial charge in [-0.25, -0.2) is 4.39 Å². The van der Waals surface area contributed by atoms with Crippen LogP contribution in [0.15, 0.2) is 18.2 Å². The zero-order valence-electron chi connectivity index (χ0n) is 9.05. The normalized spacial score (nSPS) is 15.2. The molecule has 0 spiro atoms. The maximum atomic E-state index is 13.3. The largest absolute Gasteiger partial charge is 0.324 e. The average molecular weight is 195 g/mol. The highest BCUT2D eigenvalue weighted by molar-refractivity contribution is 5.25. The summed E-state index contributed by atoms with van der Waals surface area (Å²) in [6, 6.07) is 5.18. The minimum atomic E-state index is -0.166. The Morgan fingerprint density at radius 2 is 2.07 bits per heavy atom. The molecule has 0 aromatic heterocycles. The van der Waals surface area contributed by atoms with Crippen molar-refractivity contribution in [1.82, 2.24) is 0 Å². The van der Waals surface area contributed by atoms with Crippen LogP contribution in [0.1, 0.15) is 37.4 Å². The molecule has 78 valence electrons. The molecule has 2 N–H and O–H groups in total. The molecule has 1 aromatic rings. The van der Waals surface area contributed by atoms with Crippen molar-refractivity contribution in [2.24, 2.45) is 11.7 Å². The predicted molar refractivity (Wildman–Crippen MR) is 57.5 cm³/mol. The van der Waals surface area contributed by atoms with Crippen LogP contribution in [0.2, 0.25) is 0 Å². The van der Waals surface area contributed by atoms with Crippen LogP contribution in [-0.2, 0) is 0 Å². The van der Waals surface area contributed by atoms with Gasteiger partial charge >= 0.3 is 0 Å². The van der Waals surface area contributed by atoms with Crippen molar-refractivity contribution in [3.05, 3.63) is 35.1 Å². The average Bonchev–Trinajstić information content (AvgIpc) is 2.20. The first-order valence-corrected chi connectivity index (χ1v) is 5.08. The van der Waals surface area contributed by atoms with Gasteiger partial charge in [0.1, 0.15) is 5.82 Å². The molecule has 14 heavy (non-hydrogen) atoms.